The van der Waals surface area contributed by atoms with Crippen molar-refractivity contribution in [2.45, 2.75) is 32.9 Å². The van der Waals surface area contributed by atoms with Crippen LogP contribution >= 0.6 is 50.7 Å². The molecule has 5 nitrogen and oxygen atoms in total. The third-order valence-electron chi connectivity index (χ3n) is 4.32. The Labute approximate surface area is 199 Å². The van der Waals surface area contributed by atoms with Crippen molar-refractivity contribution in [3.63, 3.8) is 0 Å². The van der Waals surface area contributed by atoms with E-state index >= 15 is 0 Å². The van der Waals surface area contributed by atoms with Crippen LogP contribution in [0.3, 0.4) is 0 Å². The molecule has 0 saturated heterocycles. The van der Waals surface area contributed by atoms with Crippen molar-refractivity contribution < 1.29 is 14.3 Å². The zero-order valence-electron chi connectivity index (χ0n) is 16.6. The summed E-state index contributed by atoms with van der Waals surface area (Å²) in [6.45, 7) is 4.11. The molecule has 2 aromatic rings. The Morgan fingerprint density at radius 2 is 1.83 bits per heavy atom. The Morgan fingerprint density at radius 3 is 2.43 bits per heavy atom. The van der Waals surface area contributed by atoms with Gasteiger partial charge in [0.1, 0.15) is 11.8 Å². The van der Waals surface area contributed by atoms with Gasteiger partial charge in [-0.05, 0) is 65.2 Å². The summed E-state index contributed by atoms with van der Waals surface area (Å²) in [6.07, 6.45) is 0.448. The molecule has 0 bridgehead atoms. The van der Waals surface area contributed by atoms with E-state index in [0.717, 1.165) is 5.56 Å². The Bertz CT molecular complexity index is 911. The predicted octanol–water partition coefficient (Wildman–Crippen LogP) is 5.73. The summed E-state index contributed by atoms with van der Waals surface area (Å²) in [7, 11) is 0. The molecule has 162 valence electrons. The van der Waals surface area contributed by atoms with E-state index in [2.05, 4.69) is 21.2 Å². The maximum absolute atomic E-state index is 13.1. The first-order valence-corrected chi connectivity index (χ1v) is 11.3. The van der Waals surface area contributed by atoms with E-state index in [1.807, 2.05) is 13.8 Å². The number of hydrogen-bond acceptors (Lipinski definition) is 3. The highest BCUT2D eigenvalue weighted by Crippen LogP contribution is 2.28. The van der Waals surface area contributed by atoms with Crippen LogP contribution in [-0.2, 0) is 16.1 Å². The first-order chi connectivity index (χ1) is 14.3. The molecule has 0 saturated carbocycles. The molecule has 30 heavy (non-hydrogen) atoms. The fourth-order valence-electron chi connectivity index (χ4n) is 2.86. The van der Waals surface area contributed by atoms with Gasteiger partial charge in [-0.25, -0.2) is 0 Å². The average Bonchev–Trinajstić information content (AvgIpc) is 2.70. The minimum Gasteiger partial charge on any atom is -0.483 e. The third kappa shape index (κ3) is 6.77. The van der Waals surface area contributed by atoms with Gasteiger partial charge in [-0.3, -0.25) is 9.59 Å². The highest BCUT2D eigenvalue weighted by atomic mass is 79.9. The van der Waals surface area contributed by atoms with E-state index in [1.54, 1.807) is 36.4 Å². The molecule has 0 unspecified atom stereocenters. The van der Waals surface area contributed by atoms with Gasteiger partial charge in [0.15, 0.2) is 6.61 Å². The standard InChI is InChI=1S/C21H22BrCl3N2O3/c1-3-18(21(29)26-4-2)27(11-13-5-7-16(24)17(25)9-13)20(28)12-30-19-8-6-14(23)10-15(19)22/h5-10,18H,3-4,11-12H2,1-2H3,(H,26,29)/t18-/m0/s1. The number of benzene rings is 2. The molecule has 2 rings (SSSR count). The predicted molar refractivity (Wildman–Crippen MR) is 124 cm³/mol. The Balaban J connectivity index is 2.24. The summed E-state index contributed by atoms with van der Waals surface area (Å²) < 4.78 is 6.31. The molecule has 9 heteroatoms. The van der Waals surface area contributed by atoms with E-state index in [9.17, 15) is 9.59 Å². The monoisotopic (exact) mass is 534 g/mol. The summed E-state index contributed by atoms with van der Waals surface area (Å²) in [4.78, 5) is 27.2. The van der Waals surface area contributed by atoms with Crippen molar-refractivity contribution in [3.05, 3.63) is 61.5 Å². The van der Waals surface area contributed by atoms with Crippen LogP contribution in [0.15, 0.2) is 40.9 Å². The number of nitrogens with zero attached hydrogens (tertiary/aromatic N) is 1. The van der Waals surface area contributed by atoms with Gasteiger partial charge in [-0.2, -0.15) is 0 Å². The molecule has 0 radical (unpaired) electrons. The summed E-state index contributed by atoms with van der Waals surface area (Å²) in [5.74, 6) is -0.0737. The first kappa shape index (κ1) is 24.8. The molecule has 0 aliphatic heterocycles. The van der Waals surface area contributed by atoms with Crippen LogP contribution in [0.1, 0.15) is 25.8 Å². The molecule has 0 aliphatic carbocycles. The second-order valence-corrected chi connectivity index (χ2v) is 8.56. The highest BCUT2D eigenvalue weighted by molar-refractivity contribution is 9.10. The van der Waals surface area contributed by atoms with Gasteiger partial charge in [-0.1, -0.05) is 47.8 Å². The normalized spacial score (nSPS) is 11.7. The number of hydrogen-bond donors (Lipinski definition) is 1. The highest BCUT2D eigenvalue weighted by Gasteiger charge is 2.29. The van der Waals surface area contributed by atoms with Crippen LogP contribution in [0.25, 0.3) is 0 Å². The molecular weight excluding hydrogens is 515 g/mol. The van der Waals surface area contributed by atoms with E-state index in [-0.39, 0.29) is 25.0 Å². The number of rotatable bonds is 9. The molecule has 0 heterocycles. The van der Waals surface area contributed by atoms with E-state index in [1.165, 1.54) is 4.90 Å². The maximum Gasteiger partial charge on any atom is 0.261 e. The fraction of sp³-hybridized carbons (Fsp3) is 0.333. The van der Waals surface area contributed by atoms with Crippen LogP contribution in [0.4, 0.5) is 0 Å². The topological polar surface area (TPSA) is 58.6 Å². The number of nitrogens with one attached hydrogen (secondary N) is 1. The summed E-state index contributed by atoms with van der Waals surface area (Å²) in [5, 5.41) is 4.13. The number of amides is 2. The minimum atomic E-state index is -0.649. The van der Waals surface area contributed by atoms with Crippen molar-refractivity contribution in [3.8, 4) is 5.75 Å². The van der Waals surface area contributed by atoms with Crippen molar-refractivity contribution in [2.75, 3.05) is 13.2 Å². The van der Waals surface area contributed by atoms with Gasteiger partial charge < -0.3 is 15.0 Å². The second kappa shape index (κ2) is 11.8. The lowest BCUT2D eigenvalue weighted by molar-refractivity contribution is -0.142. The smallest absolute Gasteiger partial charge is 0.261 e. The molecule has 0 aliphatic rings. The maximum atomic E-state index is 13.1. The van der Waals surface area contributed by atoms with Gasteiger partial charge >= 0.3 is 0 Å². The number of carbonyl (C=O) groups excluding carboxylic acids is 2. The summed E-state index contributed by atoms with van der Waals surface area (Å²) in [6, 6.07) is 9.49. The van der Waals surface area contributed by atoms with Crippen molar-refractivity contribution in [1.29, 1.82) is 0 Å². The van der Waals surface area contributed by atoms with Crippen molar-refractivity contribution >= 4 is 62.5 Å². The van der Waals surface area contributed by atoms with E-state index < -0.39 is 6.04 Å². The number of halogens is 4. The van der Waals surface area contributed by atoms with Crippen LogP contribution < -0.4 is 10.1 Å². The van der Waals surface area contributed by atoms with E-state index in [0.29, 0.717) is 38.3 Å². The van der Waals surface area contributed by atoms with Crippen LogP contribution in [0.2, 0.25) is 15.1 Å². The van der Waals surface area contributed by atoms with Crippen LogP contribution in [-0.4, -0.2) is 35.9 Å². The number of carbonyl (C=O) groups is 2. The third-order valence-corrected chi connectivity index (χ3v) is 5.91. The molecule has 2 amide bonds. The number of likely N-dealkylation sites (N-methyl/N-ethyl adjacent to an activating group) is 1. The zero-order chi connectivity index (χ0) is 22.3. The van der Waals surface area contributed by atoms with Gasteiger partial charge in [-0.15, -0.1) is 0 Å². The quantitative estimate of drug-likeness (QED) is 0.445. The Morgan fingerprint density at radius 1 is 1.10 bits per heavy atom. The van der Waals surface area contributed by atoms with Gasteiger partial charge in [0, 0.05) is 18.1 Å². The number of ether oxygens (including phenoxy) is 1. The summed E-state index contributed by atoms with van der Waals surface area (Å²) in [5.41, 5.74) is 0.758. The molecule has 0 spiro atoms. The van der Waals surface area contributed by atoms with E-state index in [4.69, 9.17) is 39.5 Å². The lowest BCUT2D eigenvalue weighted by Crippen LogP contribution is -2.50. The summed E-state index contributed by atoms with van der Waals surface area (Å²) >= 11 is 21.4. The molecule has 0 aromatic heterocycles. The average molecular weight is 537 g/mol. The van der Waals surface area contributed by atoms with Crippen LogP contribution in [0.5, 0.6) is 5.75 Å². The molecule has 0 fully saturated rings. The fourth-order valence-corrected chi connectivity index (χ4v) is 3.98. The Hall–Kier alpha value is -1.47. The lowest BCUT2D eigenvalue weighted by atomic mass is 10.1. The van der Waals surface area contributed by atoms with Gasteiger partial charge in [0.2, 0.25) is 5.91 Å². The largest absolute Gasteiger partial charge is 0.483 e. The zero-order valence-corrected chi connectivity index (χ0v) is 20.4. The Kier molecular flexibility index (Phi) is 9.75. The second-order valence-electron chi connectivity index (χ2n) is 6.45. The first-order valence-electron chi connectivity index (χ1n) is 9.35. The van der Waals surface area contributed by atoms with Crippen LogP contribution in [0, 0.1) is 0 Å². The minimum absolute atomic E-state index is 0.191. The van der Waals surface area contributed by atoms with Gasteiger partial charge in [0.05, 0.1) is 14.5 Å². The molecular formula is C21H22BrCl3N2O3. The molecule has 1 atom stereocenters. The van der Waals surface area contributed by atoms with Crippen molar-refractivity contribution in [1.82, 2.24) is 10.2 Å². The lowest BCUT2D eigenvalue weighted by Gasteiger charge is -2.30. The SMILES string of the molecule is CCNC(=O)[C@H](CC)N(Cc1ccc(Cl)c(Cl)c1)C(=O)COc1ccc(Cl)cc1Br. The van der Waals surface area contributed by atoms with Gasteiger partial charge in [0.25, 0.3) is 5.91 Å². The molecule has 1 N–H and O–H groups in total. The van der Waals surface area contributed by atoms with Crippen molar-refractivity contribution in [2.24, 2.45) is 0 Å². The molecule has 2 aromatic carbocycles.